The van der Waals surface area contributed by atoms with Crippen LogP contribution in [0.2, 0.25) is 0 Å². The average molecular weight is 454 g/mol. The molecular weight excluding hydrogens is 429 g/mol. The number of hydrogen-bond donors (Lipinski definition) is 2. The molecule has 0 fully saturated rings. The fourth-order valence-electron chi connectivity index (χ4n) is 3.71. The molecule has 0 saturated heterocycles. The summed E-state index contributed by atoms with van der Waals surface area (Å²) in [6.07, 6.45) is 0.744. The molecular formula is C24H24FN3OS2. The summed E-state index contributed by atoms with van der Waals surface area (Å²) in [5, 5.41) is 6.95. The highest BCUT2D eigenvalue weighted by atomic mass is 32.1. The van der Waals surface area contributed by atoms with Crippen LogP contribution in [0.25, 0.3) is 10.9 Å². The minimum absolute atomic E-state index is 0.225. The third-order valence-corrected chi connectivity index (χ3v) is 6.50. The maximum atomic E-state index is 13.9. The van der Waals surface area contributed by atoms with Gasteiger partial charge in [-0.3, -0.25) is 0 Å². The molecule has 0 aliphatic rings. The molecule has 0 amide bonds. The summed E-state index contributed by atoms with van der Waals surface area (Å²) >= 11 is 7.48. The maximum Gasteiger partial charge on any atom is 0.173 e. The quantitative estimate of drug-likeness (QED) is 0.330. The second-order valence-electron chi connectivity index (χ2n) is 7.30. The van der Waals surface area contributed by atoms with Crippen molar-refractivity contribution in [3.63, 3.8) is 0 Å². The molecule has 31 heavy (non-hydrogen) atoms. The van der Waals surface area contributed by atoms with E-state index in [2.05, 4.69) is 26.6 Å². The number of halogens is 1. The van der Waals surface area contributed by atoms with Gasteiger partial charge in [0.15, 0.2) is 5.11 Å². The summed E-state index contributed by atoms with van der Waals surface area (Å²) in [6, 6.07) is 16.7. The lowest BCUT2D eigenvalue weighted by atomic mass is 10.1. The number of aryl methyl sites for hydroxylation is 1. The average Bonchev–Trinajstić information content (AvgIpc) is 3.38. The van der Waals surface area contributed by atoms with Gasteiger partial charge in [0.1, 0.15) is 11.6 Å². The number of anilines is 1. The van der Waals surface area contributed by atoms with Crippen LogP contribution in [0.1, 0.15) is 16.1 Å². The molecule has 4 nitrogen and oxygen atoms in total. The van der Waals surface area contributed by atoms with Gasteiger partial charge in [-0.1, -0.05) is 18.2 Å². The summed E-state index contributed by atoms with van der Waals surface area (Å²) in [5.41, 5.74) is 3.95. The van der Waals surface area contributed by atoms with E-state index >= 15 is 0 Å². The van der Waals surface area contributed by atoms with Gasteiger partial charge >= 0.3 is 0 Å². The van der Waals surface area contributed by atoms with E-state index in [4.69, 9.17) is 17.0 Å². The van der Waals surface area contributed by atoms with Crippen LogP contribution >= 0.6 is 23.6 Å². The number of ether oxygens (including phenoxy) is 1. The van der Waals surface area contributed by atoms with Crippen molar-refractivity contribution in [3.8, 4) is 5.75 Å². The van der Waals surface area contributed by atoms with Gasteiger partial charge in [-0.15, -0.1) is 11.3 Å². The van der Waals surface area contributed by atoms with Crippen LogP contribution in [-0.2, 0) is 13.0 Å². The number of thiocarbonyl (C=S) groups is 1. The van der Waals surface area contributed by atoms with Crippen molar-refractivity contribution in [2.24, 2.45) is 0 Å². The van der Waals surface area contributed by atoms with Crippen molar-refractivity contribution in [1.29, 1.82) is 0 Å². The summed E-state index contributed by atoms with van der Waals surface area (Å²) in [5.74, 6) is 0.514. The Balaban J connectivity index is 1.56. The molecule has 0 bridgehead atoms. The molecule has 2 aromatic heterocycles. The highest BCUT2D eigenvalue weighted by Crippen LogP contribution is 2.26. The first-order valence-electron chi connectivity index (χ1n) is 10.0. The second kappa shape index (κ2) is 9.49. The fraction of sp³-hybridized carbons (Fsp3) is 0.208. The monoisotopic (exact) mass is 453 g/mol. The van der Waals surface area contributed by atoms with Gasteiger partial charge in [-0.25, -0.2) is 4.39 Å². The molecule has 0 aliphatic heterocycles. The number of nitrogens with zero attached hydrogens (tertiary/aromatic N) is 1. The van der Waals surface area contributed by atoms with Gasteiger partial charge in [-0.2, -0.15) is 0 Å². The number of aromatic amines is 1. The Bertz CT molecular complexity index is 1190. The second-order valence-corrected chi connectivity index (χ2v) is 8.72. The molecule has 0 atom stereocenters. The van der Waals surface area contributed by atoms with Crippen LogP contribution in [0, 0.1) is 12.7 Å². The van der Waals surface area contributed by atoms with Crippen molar-refractivity contribution in [2.45, 2.75) is 19.9 Å². The highest BCUT2D eigenvalue weighted by molar-refractivity contribution is 7.80. The Morgan fingerprint density at radius 1 is 1.19 bits per heavy atom. The number of aromatic nitrogens is 1. The molecule has 2 N–H and O–H groups in total. The largest absolute Gasteiger partial charge is 0.495 e. The minimum atomic E-state index is -0.225. The first-order valence-corrected chi connectivity index (χ1v) is 11.3. The topological polar surface area (TPSA) is 40.3 Å². The SMILES string of the molecule is COc1ccccc1NC(=S)N(CCc1c(C)[nH]c2ccc(F)cc12)Cc1cccs1. The lowest BCUT2D eigenvalue weighted by molar-refractivity contribution is 0.414. The number of hydrogen-bond acceptors (Lipinski definition) is 3. The van der Waals surface area contributed by atoms with Crippen molar-refractivity contribution in [1.82, 2.24) is 9.88 Å². The lowest BCUT2D eigenvalue weighted by Crippen LogP contribution is -2.35. The van der Waals surface area contributed by atoms with Crippen molar-refractivity contribution >= 4 is 45.3 Å². The van der Waals surface area contributed by atoms with Crippen molar-refractivity contribution in [2.75, 3.05) is 19.0 Å². The Labute approximate surface area is 190 Å². The normalized spacial score (nSPS) is 10.9. The Morgan fingerprint density at radius 3 is 2.81 bits per heavy atom. The predicted octanol–water partition coefficient (Wildman–Crippen LogP) is 6.13. The molecule has 4 aromatic rings. The predicted molar refractivity (Wildman–Crippen MR) is 131 cm³/mol. The smallest absolute Gasteiger partial charge is 0.173 e. The van der Waals surface area contributed by atoms with E-state index in [-0.39, 0.29) is 5.82 Å². The molecule has 0 aliphatic carbocycles. The first-order chi connectivity index (χ1) is 15.0. The van der Waals surface area contributed by atoms with Gasteiger partial charge in [-0.05, 0) is 72.9 Å². The van der Waals surface area contributed by atoms with E-state index in [1.54, 1.807) is 30.6 Å². The van der Waals surface area contributed by atoms with Gasteiger partial charge in [0.2, 0.25) is 0 Å². The third-order valence-electron chi connectivity index (χ3n) is 5.28. The van der Waals surface area contributed by atoms with Crippen LogP contribution < -0.4 is 10.1 Å². The summed E-state index contributed by atoms with van der Waals surface area (Å²) in [7, 11) is 1.64. The number of methoxy groups -OCH3 is 1. The number of fused-ring (bicyclic) bond motifs is 1. The van der Waals surface area contributed by atoms with E-state index in [0.717, 1.165) is 40.0 Å². The molecule has 160 valence electrons. The number of rotatable bonds is 7. The zero-order valence-corrected chi connectivity index (χ0v) is 19.1. The van der Waals surface area contributed by atoms with Crippen molar-refractivity contribution < 1.29 is 9.13 Å². The molecule has 7 heteroatoms. The number of thiophene rings is 1. The van der Waals surface area contributed by atoms with Crippen molar-refractivity contribution in [3.05, 3.63) is 81.9 Å². The number of H-pyrrole nitrogens is 1. The number of para-hydroxylation sites is 2. The fourth-order valence-corrected chi connectivity index (χ4v) is 4.69. The molecule has 0 radical (unpaired) electrons. The van der Waals surface area contributed by atoms with Crippen LogP contribution in [0.15, 0.2) is 60.0 Å². The highest BCUT2D eigenvalue weighted by Gasteiger charge is 2.16. The molecule has 2 aromatic carbocycles. The zero-order chi connectivity index (χ0) is 21.8. The van der Waals surface area contributed by atoms with E-state index in [0.29, 0.717) is 18.2 Å². The molecule has 0 unspecified atom stereocenters. The minimum Gasteiger partial charge on any atom is -0.495 e. The summed E-state index contributed by atoms with van der Waals surface area (Å²) in [6.45, 7) is 3.43. The summed E-state index contributed by atoms with van der Waals surface area (Å²) in [4.78, 5) is 6.73. The number of benzene rings is 2. The lowest BCUT2D eigenvalue weighted by Gasteiger charge is -2.26. The Hall–Kier alpha value is -2.90. The standard InChI is InChI=1S/C24H24FN3OS2/c1-16-19(20-14-17(25)9-10-21(20)26-16)11-12-28(15-18-6-5-13-31-18)24(30)27-22-7-3-4-8-23(22)29-2/h3-10,13-14,26H,11-12,15H2,1-2H3,(H,27,30). The van der Waals surface area contributed by atoms with Crippen LogP contribution in [0.3, 0.4) is 0 Å². The first kappa shape index (κ1) is 21.3. The maximum absolute atomic E-state index is 13.9. The molecule has 4 rings (SSSR count). The Kier molecular flexibility index (Phi) is 6.53. The van der Waals surface area contributed by atoms with Crippen LogP contribution in [0.4, 0.5) is 10.1 Å². The van der Waals surface area contributed by atoms with Gasteiger partial charge in [0.25, 0.3) is 0 Å². The van der Waals surface area contributed by atoms with Gasteiger partial charge in [0.05, 0.1) is 19.3 Å². The van der Waals surface area contributed by atoms with E-state index in [1.165, 1.54) is 10.9 Å². The zero-order valence-electron chi connectivity index (χ0n) is 17.4. The number of nitrogens with one attached hydrogen (secondary N) is 2. The van der Waals surface area contributed by atoms with Crippen LogP contribution in [0.5, 0.6) is 5.75 Å². The Morgan fingerprint density at radius 2 is 2.03 bits per heavy atom. The van der Waals surface area contributed by atoms with Gasteiger partial charge < -0.3 is 19.9 Å². The van der Waals surface area contributed by atoms with E-state index in [1.807, 2.05) is 37.3 Å². The van der Waals surface area contributed by atoms with E-state index in [9.17, 15) is 4.39 Å². The van der Waals surface area contributed by atoms with Crippen LogP contribution in [-0.4, -0.2) is 28.7 Å². The third kappa shape index (κ3) is 4.89. The summed E-state index contributed by atoms with van der Waals surface area (Å²) < 4.78 is 19.3. The molecule has 0 spiro atoms. The molecule has 0 saturated carbocycles. The van der Waals surface area contributed by atoms with E-state index < -0.39 is 0 Å². The van der Waals surface area contributed by atoms with Gasteiger partial charge in [0, 0.05) is 28.0 Å². The molecule has 2 heterocycles.